The quantitative estimate of drug-likeness (QED) is 0.889. The van der Waals surface area contributed by atoms with Crippen LogP contribution in [0.4, 0.5) is 24.5 Å². The molecule has 0 saturated heterocycles. The lowest BCUT2D eigenvalue weighted by molar-refractivity contribution is -0.141. The van der Waals surface area contributed by atoms with E-state index >= 15 is 0 Å². The summed E-state index contributed by atoms with van der Waals surface area (Å²) in [5, 5.41) is 3.60. The van der Waals surface area contributed by atoms with E-state index in [4.69, 9.17) is 5.73 Å². The van der Waals surface area contributed by atoms with E-state index in [0.717, 1.165) is 37.3 Å². The first-order valence-corrected chi connectivity index (χ1v) is 7.67. The van der Waals surface area contributed by atoms with Crippen molar-refractivity contribution in [2.24, 2.45) is 0 Å². The molecule has 112 valence electrons. The molecule has 3 N–H and O–H groups in total. The van der Waals surface area contributed by atoms with E-state index in [1.165, 1.54) is 0 Å². The zero-order chi connectivity index (χ0) is 14.8. The minimum atomic E-state index is -4.45. The Kier molecular flexibility index (Phi) is 4.67. The van der Waals surface area contributed by atoms with E-state index in [0.29, 0.717) is 10.9 Å². The maximum Gasteiger partial charge on any atom is 0.433 e. The van der Waals surface area contributed by atoms with E-state index < -0.39 is 11.9 Å². The Bertz CT molecular complexity index is 465. The van der Waals surface area contributed by atoms with Gasteiger partial charge in [-0.25, -0.2) is 4.98 Å². The molecular formula is C13H18F3N3S. The van der Waals surface area contributed by atoms with E-state index in [9.17, 15) is 13.2 Å². The first-order valence-electron chi connectivity index (χ1n) is 6.62. The lowest BCUT2D eigenvalue weighted by Gasteiger charge is -2.22. The standard InChI is InChI=1S/C13H18F3N3S/c1-2-20-11-5-3-4-9(11)19-10-6-12(13(14,15)16)18-7-8(10)17/h6-7,9,11H,2-5,17H2,1H3,(H,18,19). The van der Waals surface area contributed by atoms with Crippen LogP contribution in [0.2, 0.25) is 0 Å². The normalized spacial score (nSPS) is 23.0. The second-order valence-electron chi connectivity index (χ2n) is 4.83. The molecule has 0 aliphatic heterocycles. The fourth-order valence-electron chi connectivity index (χ4n) is 2.45. The summed E-state index contributed by atoms with van der Waals surface area (Å²) in [5.41, 5.74) is 5.41. The van der Waals surface area contributed by atoms with Gasteiger partial charge in [0.1, 0.15) is 5.69 Å². The second-order valence-corrected chi connectivity index (χ2v) is 6.35. The Labute approximate surface area is 120 Å². The fourth-order valence-corrected chi connectivity index (χ4v) is 3.65. The van der Waals surface area contributed by atoms with E-state index in [-0.39, 0.29) is 11.7 Å². The van der Waals surface area contributed by atoms with Crippen molar-refractivity contribution in [2.75, 3.05) is 16.8 Å². The average molecular weight is 305 g/mol. The minimum absolute atomic E-state index is 0.172. The van der Waals surface area contributed by atoms with Gasteiger partial charge >= 0.3 is 6.18 Å². The summed E-state index contributed by atoms with van der Waals surface area (Å²) >= 11 is 1.84. The summed E-state index contributed by atoms with van der Waals surface area (Å²) < 4.78 is 38.0. The SMILES string of the molecule is CCSC1CCCC1Nc1cc(C(F)(F)F)ncc1N. The number of rotatable bonds is 4. The molecule has 1 fully saturated rings. The summed E-state index contributed by atoms with van der Waals surface area (Å²) in [7, 11) is 0. The number of pyridine rings is 1. The Morgan fingerprint density at radius 3 is 2.85 bits per heavy atom. The topological polar surface area (TPSA) is 50.9 Å². The molecule has 1 aromatic heterocycles. The first kappa shape index (κ1) is 15.3. The van der Waals surface area contributed by atoms with Crippen molar-refractivity contribution in [1.82, 2.24) is 4.98 Å². The molecule has 0 bridgehead atoms. The Balaban J connectivity index is 2.16. The van der Waals surface area contributed by atoms with Crippen molar-refractivity contribution in [3.05, 3.63) is 18.0 Å². The predicted octanol–water partition coefficient (Wildman–Crippen LogP) is 3.77. The monoisotopic (exact) mass is 305 g/mol. The molecule has 0 spiro atoms. The third-order valence-corrected chi connectivity index (χ3v) is 4.73. The lowest BCUT2D eigenvalue weighted by atomic mass is 10.2. The van der Waals surface area contributed by atoms with Crippen LogP contribution in [0.3, 0.4) is 0 Å². The molecule has 2 rings (SSSR count). The molecule has 3 nitrogen and oxygen atoms in total. The highest BCUT2D eigenvalue weighted by molar-refractivity contribution is 7.99. The highest BCUT2D eigenvalue weighted by Crippen LogP contribution is 2.35. The molecule has 7 heteroatoms. The van der Waals surface area contributed by atoms with Gasteiger partial charge in [0, 0.05) is 11.3 Å². The van der Waals surface area contributed by atoms with Crippen LogP contribution in [0.15, 0.2) is 12.3 Å². The maximum atomic E-state index is 12.7. The third kappa shape index (κ3) is 3.50. The first-order chi connectivity index (χ1) is 9.41. The Morgan fingerprint density at radius 2 is 2.20 bits per heavy atom. The van der Waals surface area contributed by atoms with Crippen LogP contribution in [-0.4, -0.2) is 22.0 Å². The summed E-state index contributed by atoms with van der Waals surface area (Å²) in [6.45, 7) is 2.09. The lowest BCUT2D eigenvalue weighted by Crippen LogP contribution is -2.27. The van der Waals surface area contributed by atoms with Crippen LogP contribution in [0.1, 0.15) is 31.9 Å². The Hall–Kier alpha value is -1.11. The summed E-state index contributed by atoms with van der Waals surface area (Å²) in [5.74, 6) is 1.00. The molecular weight excluding hydrogens is 287 g/mol. The smallest absolute Gasteiger partial charge is 0.396 e. The van der Waals surface area contributed by atoms with Gasteiger partial charge in [0.15, 0.2) is 0 Å². The van der Waals surface area contributed by atoms with Crippen molar-refractivity contribution in [3.8, 4) is 0 Å². The second kappa shape index (κ2) is 6.11. The van der Waals surface area contributed by atoms with Crippen molar-refractivity contribution in [1.29, 1.82) is 0 Å². The highest BCUT2D eigenvalue weighted by atomic mass is 32.2. The van der Waals surface area contributed by atoms with Gasteiger partial charge in [-0.15, -0.1) is 0 Å². The number of hydrogen-bond acceptors (Lipinski definition) is 4. The van der Waals surface area contributed by atoms with Crippen LogP contribution in [0, 0.1) is 0 Å². The average Bonchev–Trinajstić information content (AvgIpc) is 2.79. The van der Waals surface area contributed by atoms with Gasteiger partial charge in [0.05, 0.1) is 17.6 Å². The van der Waals surface area contributed by atoms with E-state index in [1.807, 2.05) is 11.8 Å². The number of alkyl halides is 3. The molecule has 1 aliphatic rings. The van der Waals surface area contributed by atoms with Gasteiger partial charge in [-0.1, -0.05) is 13.3 Å². The van der Waals surface area contributed by atoms with Gasteiger partial charge in [-0.3, -0.25) is 0 Å². The molecule has 2 atom stereocenters. The van der Waals surface area contributed by atoms with E-state index in [1.54, 1.807) is 0 Å². The van der Waals surface area contributed by atoms with Gasteiger partial charge in [-0.2, -0.15) is 24.9 Å². The van der Waals surface area contributed by atoms with E-state index in [2.05, 4.69) is 17.2 Å². The van der Waals surface area contributed by atoms with Gasteiger partial charge in [-0.05, 0) is 24.7 Å². The van der Waals surface area contributed by atoms with Crippen LogP contribution < -0.4 is 11.1 Å². The fraction of sp³-hybridized carbons (Fsp3) is 0.615. The molecule has 0 radical (unpaired) electrons. The zero-order valence-electron chi connectivity index (χ0n) is 11.2. The van der Waals surface area contributed by atoms with Crippen LogP contribution in [-0.2, 0) is 6.18 Å². The number of anilines is 2. The van der Waals surface area contributed by atoms with Gasteiger partial charge in [0.2, 0.25) is 0 Å². The van der Waals surface area contributed by atoms with Crippen LogP contribution >= 0.6 is 11.8 Å². The molecule has 1 saturated carbocycles. The number of halogens is 3. The molecule has 1 heterocycles. The Morgan fingerprint density at radius 1 is 1.45 bits per heavy atom. The van der Waals surface area contributed by atoms with Crippen molar-refractivity contribution in [3.63, 3.8) is 0 Å². The maximum absolute atomic E-state index is 12.7. The van der Waals surface area contributed by atoms with Gasteiger partial charge in [0.25, 0.3) is 0 Å². The van der Waals surface area contributed by atoms with Crippen molar-refractivity contribution >= 4 is 23.1 Å². The van der Waals surface area contributed by atoms with Gasteiger partial charge < -0.3 is 11.1 Å². The minimum Gasteiger partial charge on any atom is -0.396 e. The molecule has 0 aromatic carbocycles. The van der Waals surface area contributed by atoms with Crippen LogP contribution in [0.5, 0.6) is 0 Å². The molecule has 20 heavy (non-hydrogen) atoms. The molecule has 0 amide bonds. The zero-order valence-corrected chi connectivity index (χ0v) is 12.0. The summed E-state index contributed by atoms with van der Waals surface area (Å²) in [4.78, 5) is 3.34. The summed E-state index contributed by atoms with van der Waals surface area (Å²) in [6.07, 6.45) is -0.236. The van der Waals surface area contributed by atoms with Crippen molar-refractivity contribution in [2.45, 2.75) is 43.7 Å². The number of nitrogens with one attached hydrogen (secondary N) is 1. The molecule has 2 unspecified atom stereocenters. The predicted molar refractivity (Wildman–Crippen MR) is 76.8 cm³/mol. The summed E-state index contributed by atoms with van der Waals surface area (Å²) in [6, 6.07) is 1.17. The highest BCUT2D eigenvalue weighted by Gasteiger charge is 2.34. The third-order valence-electron chi connectivity index (χ3n) is 3.40. The van der Waals surface area contributed by atoms with Crippen molar-refractivity contribution < 1.29 is 13.2 Å². The number of thioether (sulfide) groups is 1. The molecule has 1 aromatic rings. The number of nitrogen functional groups attached to an aromatic ring is 1. The molecule has 1 aliphatic carbocycles. The largest absolute Gasteiger partial charge is 0.433 e. The number of hydrogen-bond donors (Lipinski definition) is 2. The number of aromatic nitrogens is 1. The number of nitrogens with two attached hydrogens (primary N) is 1. The van der Waals surface area contributed by atoms with Crippen LogP contribution in [0.25, 0.3) is 0 Å². The number of nitrogens with zero attached hydrogens (tertiary/aromatic N) is 1.